The predicted octanol–water partition coefficient (Wildman–Crippen LogP) is 0.986. The molecule has 2 amide bonds. The molecular weight excluding hydrogens is 504 g/mol. The van der Waals surface area contributed by atoms with Crippen molar-refractivity contribution in [2.75, 3.05) is 56.2 Å². The average molecular weight is 531 g/mol. The first kappa shape index (κ1) is 24.7. The number of hydrogen-bond donors (Lipinski definition) is 2. The van der Waals surface area contributed by atoms with Crippen LogP contribution in [0.4, 0.5) is 16.6 Å². The summed E-state index contributed by atoms with van der Waals surface area (Å²) in [7, 11) is -1.74. The molecule has 2 aromatic rings. The Balaban J connectivity index is 1.37. The molecule has 4 heterocycles. The number of nitrogens with one attached hydrogen (secondary N) is 1. The van der Waals surface area contributed by atoms with Crippen molar-refractivity contribution in [2.24, 2.45) is 11.8 Å². The molecule has 2 N–H and O–H groups in total. The quantitative estimate of drug-likeness (QED) is 0.499. The highest BCUT2D eigenvalue weighted by Crippen LogP contribution is 2.36. The van der Waals surface area contributed by atoms with Crippen molar-refractivity contribution in [1.82, 2.24) is 19.6 Å². The van der Waals surface area contributed by atoms with Crippen LogP contribution in [0.15, 0.2) is 46.2 Å². The first-order valence-electron chi connectivity index (χ1n) is 11.5. The number of aliphatic hydroxyl groups is 1. The van der Waals surface area contributed by atoms with Crippen molar-refractivity contribution < 1.29 is 23.1 Å². The van der Waals surface area contributed by atoms with Crippen LogP contribution in [-0.2, 0) is 14.8 Å². The van der Waals surface area contributed by atoms with Gasteiger partial charge >= 0.3 is 0 Å². The molecule has 1 aromatic heterocycles. The van der Waals surface area contributed by atoms with Crippen LogP contribution in [-0.4, -0.2) is 85.3 Å². The summed E-state index contributed by atoms with van der Waals surface area (Å²) in [5, 5.41) is 11.2. The number of anilines is 2. The van der Waals surface area contributed by atoms with Crippen molar-refractivity contribution in [3.05, 3.63) is 47.0 Å². The number of hydrogen-bond acceptors (Lipinski definition) is 10. The first-order chi connectivity index (χ1) is 17.2. The largest absolute Gasteiger partial charge is 0.395 e. The molecule has 0 spiro atoms. The van der Waals surface area contributed by atoms with Crippen LogP contribution in [0.25, 0.3) is 6.08 Å². The molecule has 3 aliphatic heterocycles. The maximum absolute atomic E-state index is 13.1. The second-order valence-corrected chi connectivity index (χ2v) is 12.0. The van der Waals surface area contributed by atoms with E-state index in [4.69, 9.17) is 0 Å². The molecule has 2 atom stereocenters. The molecule has 5 rings (SSSR count). The Hall–Kier alpha value is -3.00. The van der Waals surface area contributed by atoms with E-state index in [0.717, 1.165) is 11.8 Å². The minimum atomic E-state index is -3.54. The molecule has 3 saturated heterocycles. The van der Waals surface area contributed by atoms with Gasteiger partial charge in [0.15, 0.2) is 0 Å². The van der Waals surface area contributed by atoms with Crippen LogP contribution in [0.2, 0.25) is 0 Å². The van der Waals surface area contributed by atoms with Gasteiger partial charge in [0.05, 0.1) is 22.1 Å². The van der Waals surface area contributed by atoms with Gasteiger partial charge in [0.1, 0.15) is 5.82 Å². The second kappa shape index (κ2) is 9.81. The van der Waals surface area contributed by atoms with Gasteiger partial charge in [-0.25, -0.2) is 13.4 Å². The van der Waals surface area contributed by atoms with Gasteiger partial charge in [0, 0.05) is 45.8 Å². The Morgan fingerprint density at radius 1 is 1.14 bits per heavy atom. The summed E-state index contributed by atoms with van der Waals surface area (Å²) in [6.45, 7) is 2.36. The predicted molar refractivity (Wildman–Crippen MR) is 136 cm³/mol. The minimum Gasteiger partial charge on any atom is -0.395 e. The molecule has 2 unspecified atom stereocenters. The number of carbonyl (C=O) groups is 2. The zero-order valence-electron chi connectivity index (χ0n) is 19.6. The number of rotatable bonds is 7. The number of likely N-dealkylation sites (N-methyl/N-ethyl adjacent to an activating group) is 1. The molecule has 0 saturated carbocycles. The molecule has 0 aliphatic carbocycles. The molecular formula is C23H26N6O5S2. The number of imide groups is 1. The fourth-order valence-electron chi connectivity index (χ4n) is 4.72. The lowest BCUT2D eigenvalue weighted by Crippen LogP contribution is -2.34. The highest BCUT2D eigenvalue weighted by Gasteiger charge is 2.45. The molecule has 3 aliphatic rings. The van der Waals surface area contributed by atoms with E-state index in [1.54, 1.807) is 58.7 Å². The summed E-state index contributed by atoms with van der Waals surface area (Å²) >= 11 is 0.817. The third-order valence-electron chi connectivity index (χ3n) is 6.58. The number of carbonyl (C=O) groups excluding carboxylic acids is 2. The Morgan fingerprint density at radius 2 is 1.83 bits per heavy atom. The number of thioether (sulfide) groups is 1. The van der Waals surface area contributed by atoms with Gasteiger partial charge in [0.25, 0.3) is 11.1 Å². The number of benzene rings is 1. The molecule has 190 valence electrons. The number of aliphatic hydroxyl groups excluding tert-OH is 1. The van der Waals surface area contributed by atoms with E-state index < -0.39 is 21.2 Å². The van der Waals surface area contributed by atoms with Gasteiger partial charge in [-0.1, -0.05) is 18.2 Å². The maximum Gasteiger partial charge on any atom is 0.290 e. The lowest BCUT2D eigenvalue weighted by atomic mass is 10.0. The van der Waals surface area contributed by atoms with Crippen LogP contribution < -0.4 is 15.1 Å². The smallest absolute Gasteiger partial charge is 0.290 e. The maximum atomic E-state index is 13.1. The zero-order chi connectivity index (χ0) is 25.4. The second-order valence-electron chi connectivity index (χ2n) is 9.01. The molecule has 11 nitrogen and oxygen atoms in total. The average Bonchev–Trinajstić information content (AvgIpc) is 3.53. The molecule has 0 bridgehead atoms. The third kappa shape index (κ3) is 4.83. The van der Waals surface area contributed by atoms with Crippen LogP contribution in [0, 0.1) is 11.8 Å². The highest BCUT2D eigenvalue weighted by molar-refractivity contribution is 8.18. The summed E-state index contributed by atoms with van der Waals surface area (Å²) in [6, 6.07) is 10.2. The number of amides is 2. The van der Waals surface area contributed by atoms with Gasteiger partial charge in [-0.05, 0) is 41.8 Å². The summed E-state index contributed by atoms with van der Waals surface area (Å²) in [6.07, 6.45) is 1.55. The van der Waals surface area contributed by atoms with Gasteiger partial charge in [-0.2, -0.15) is 9.29 Å². The van der Waals surface area contributed by atoms with Gasteiger partial charge < -0.3 is 14.9 Å². The van der Waals surface area contributed by atoms with E-state index in [1.807, 2.05) is 4.90 Å². The lowest BCUT2D eigenvalue weighted by molar-refractivity contribution is -0.115. The van der Waals surface area contributed by atoms with E-state index >= 15 is 0 Å². The van der Waals surface area contributed by atoms with E-state index in [9.17, 15) is 23.1 Å². The third-order valence-corrected chi connectivity index (χ3v) is 9.24. The SMILES string of the molecule is CN(CCO)c1cc(/C=C2\SC(=O)NC2=O)nc(N2CC3CN(S(=O)(=O)c4ccccc4)CC3C2)n1. The van der Waals surface area contributed by atoms with Crippen molar-refractivity contribution in [3.8, 4) is 0 Å². The highest BCUT2D eigenvalue weighted by atomic mass is 32.2. The summed E-state index contributed by atoms with van der Waals surface area (Å²) in [5.74, 6) is 0.848. The lowest BCUT2D eigenvalue weighted by Gasteiger charge is -2.24. The Labute approximate surface area is 213 Å². The Morgan fingerprint density at radius 3 is 2.44 bits per heavy atom. The minimum absolute atomic E-state index is 0.0569. The molecule has 13 heteroatoms. The van der Waals surface area contributed by atoms with Crippen LogP contribution in [0.3, 0.4) is 0 Å². The number of fused-ring (bicyclic) bond motifs is 1. The fraction of sp³-hybridized carbons (Fsp3) is 0.391. The number of sulfonamides is 1. The molecule has 3 fully saturated rings. The topological polar surface area (TPSA) is 136 Å². The van der Waals surface area contributed by atoms with Gasteiger partial charge in [-0.15, -0.1) is 0 Å². The van der Waals surface area contributed by atoms with Crippen molar-refractivity contribution >= 4 is 50.8 Å². The van der Waals surface area contributed by atoms with Crippen LogP contribution in [0.1, 0.15) is 5.69 Å². The van der Waals surface area contributed by atoms with Crippen molar-refractivity contribution in [3.63, 3.8) is 0 Å². The van der Waals surface area contributed by atoms with Crippen molar-refractivity contribution in [1.29, 1.82) is 0 Å². The zero-order valence-corrected chi connectivity index (χ0v) is 21.2. The fourth-order valence-corrected chi connectivity index (χ4v) is 6.96. The summed E-state index contributed by atoms with van der Waals surface area (Å²) in [5.41, 5.74) is 0.470. The summed E-state index contributed by atoms with van der Waals surface area (Å²) in [4.78, 5) is 37.3. The van der Waals surface area contributed by atoms with E-state index in [1.165, 1.54) is 0 Å². The Kier molecular flexibility index (Phi) is 6.72. The number of nitrogens with zero attached hydrogens (tertiary/aromatic N) is 5. The molecule has 1 aromatic carbocycles. The first-order valence-corrected chi connectivity index (χ1v) is 13.8. The molecule has 36 heavy (non-hydrogen) atoms. The van der Waals surface area contributed by atoms with E-state index in [2.05, 4.69) is 15.3 Å². The summed E-state index contributed by atoms with van der Waals surface area (Å²) < 4.78 is 27.7. The van der Waals surface area contributed by atoms with Crippen LogP contribution >= 0.6 is 11.8 Å². The van der Waals surface area contributed by atoms with Crippen molar-refractivity contribution in [2.45, 2.75) is 4.90 Å². The molecule has 0 radical (unpaired) electrons. The van der Waals surface area contributed by atoms with E-state index in [0.29, 0.717) is 55.1 Å². The number of aromatic nitrogens is 2. The Bertz CT molecular complexity index is 1310. The standard InChI is InChI=1S/C23H26N6O5S2/c1-27(7-8-30)20-10-17(9-19-21(31)26-23(32)35-19)24-22(25-20)28-11-15-13-29(14-16(15)12-28)36(33,34)18-5-3-2-4-6-18/h2-6,9-10,15-16,30H,7-8,11-14H2,1H3,(H,26,31,32)/b19-9-. The monoisotopic (exact) mass is 530 g/mol. The van der Waals surface area contributed by atoms with Gasteiger partial charge in [0.2, 0.25) is 16.0 Å². The van der Waals surface area contributed by atoms with E-state index in [-0.39, 0.29) is 23.3 Å². The van der Waals surface area contributed by atoms with Crippen LogP contribution in [0.5, 0.6) is 0 Å². The van der Waals surface area contributed by atoms with Gasteiger partial charge in [-0.3, -0.25) is 14.9 Å². The normalized spacial score (nSPS) is 23.4.